The van der Waals surface area contributed by atoms with E-state index in [-0.39, 0.29) is 6.04 Å². The van der Waals surface area contributed by atoms with Gasteiger partial charge in [-0.05, 0) is 37.6 Å². The number of hydrogen-bond acceptors (Lipinski definition) is 5. The Labute approximate surface area is 152 Å². The molecule has 0 spiro atoms. The molecular weight excluding hydrogens is 334 g/mol. The van der Waals surface area contributed by atoms with Crippen molar-refractivity contribution in [3.05, 3.63) is 65.4 Å². The van der Waals surface area contributed by atoms with Crippen molar-refractivity contribution in [2.75, 3.05) is 10.6 Å². The van der Waals surface area contributed by atoms with Crippen LogP contribution in [0.25, 0.3) is 11.3 Å². The van der Waals surface area contributed by atoms with E-state index in [1.807, 2.05) is 42.5 Å². The molecule has 1 aromatic carbocycles. The lowest BCUT2D eigenvalue weighted by atomic mass is 10.2. The van der Waals surface area contributed by atoms with Crippen molar-refractivity contribution in [3.8, 4) is 11.3 Å². The molecule has 0 aliphatic heterocycles. The van der Waals surface area contributed by atoms with Gasteiger partial charge in [-0.25, -0.2) is 4.98 Å². The van der Waals surface area contributed by atoms with Crippen molar-refractivity contribution in [1.82, 2.24) is 15.0 Å². The summed E-state index contributed by atoms with van der Waals surface area (Å²) in [5, 5.41) is 7.32. The van der Waals surface area contributed by atoms with E-state index < -0.39 is 0 Å². The summed E-state index contributed by atoms with van der Waals surface area (Å²) in [6, 6.07) is 13.8. The molecule has 25 heavy (non-hydrogen) atoms. The summed E-state index contributed by atoms with van der Waals surface area (Å²) in [7, 11) is 0. The first-order valence-electron chi connectivity index (χ1n) is 8.15. The number of rotatable bonds is 6. The first kappa shape index (κ1) is 17.2. The van der Waals surface area contributed by atoms with Crippen LogP contribution in [0, 0.1) is 0 Å². The quantitative estimate of drug-likeness (QED) is 0.676. The third kappa shape index (κ3) is 4.67. The van der Waals surface area contributed by atoms with Crippen LogP contribution in [0.15, 0.2) is 54.9 Å². The van der Waals surface area contributed by atoms with E-state index in [9.17, 15) is 0 Å². The molecule has 0 unspecified atom stereocenters. The molecule has 0 atom stereocenters. The second kappa shape index (κ2) is 7.94. The van der Waals surface area contributed by atoms with Crippen LogP contribution in [0.3, 0.4) is 0 Å². The Balaban J connectivity index is 1.88. The Kier molecular flexibility index (Phi) is 5.46. The van der Waals surface area contributed by atoms with Crippen LogP contribution < -0.4 is 10.6 Å². The average Bonchev–Trinajstić information content (AvgIpc) is 2.61. The summed E-state index contributed by atoms with van der Waals surface area (Å²) in [5.74, 6) is 1.31. The van der Waals surface area contributed by atoms with Crippen LogP contribution in [-0.2, 0) is 6.54 Å². The van der Waals surface area contributed by atoms with Gasteiger partial charge < -0.3 is 10.6 Å². The minimum absolute atomic E-state index is 0.237. The highest BCUT2D eigenvalue weighted by Gasteiger charge is 2.08. The van der Waals surface area contributed by atoms with Gasteiger partial charge >= 0.3 is 0 Å². The summed E-state index contributed by atoms with van der Waals surface area (Å²) in [6.45, 7) is 4.69. The number of nitrogens with one attached hydrogen (secondary N) is 2. The highest BCUT2D eigenvalue weighted by molar-refractivity contribution is 6.31. The van der Waals surface area contributed by atoms with E-state index in [1.54, 1.807) is 12.4 Å². The number of anilines is 2. The number of aromatic nitrogens is 3. The molecule has 5 nitrogen and oxygen atoms in total. The zero-order chi connectivity index (χ0) is 17.6. The van der Waals surface area contributed by atoms with Crippen LogP contribution in [0.5, 0.6) is 0 Å². The predicted octanol–water partition coefficient (Wildman–Crippen LogP) is 4.62. The molecule has 0 saturated heterocycles. The average molecular weight is 354 g/mol. The van der Waals surface area contributed by atoms with Crippen LogP contribution >= 0.6 is 11.6 Å². The van der Waals surface area contributed by atoms with E-state index in [1.165, 1.54) is 0 Å². The van der Waals surface area contributed by atoms with E-state index in [0.717, 1.165) is 27.7 Å². The van der Waals surface area contributed by atoms with Gasteiger partial charge in [0.2, 0.25) is 5.95 Å². The molecule has 0 aliphatic carbocycles. The van der Waals surface area contributed by atoms with Gasteiger partial charge in [-0.15, -0.1) is 0 Å². The predicted molar refractivity (Wildman–Crippen MR) is 103 cm³/mol. The summed E-state index contributed by atoms with van der Waals surface area (Å²) >= 11 is 6.22. The lowest BCUT2D eigenvalue weighted by molar-refractivity contribution is 0.874. The van der Waals surface area contributed by atoms with Crippen molar-refractivity contribution in [2.24, 2.45) is 0 Å². The second-order valence-electron chi connectivity index (χ2n) is 5.95. The Morgan fingerprint density at radius 3 is 2.64 bits per heavy atom. The maximum Gasteiger partial charge on any atom is 0.225 e. The molecule has 0 fully saturated rings. The SMILES string of the molecule is CC(C)Nc1nc(NCc2ccccc2Cl)cc(-c2cccnc2)n1. The summed E-state index contributed by atoms with van der Waals surface area (Å²) < 4.78 is 0. The highest BCUT2D eigenvalue weighted by Crippen LogP contribution is 2.22. The molecule has 3 rings (SSSR count). The molecule has 128 valence electrons. The van der Waals surface area contributed by atoms with Gasteiger partial charge in [-0.2, -0.15) is 4.98 Å². The van der Waals surface area contributed by atoms with Crippen molar-refractivity contribution in [1.29, 1.82) is 0 Å². The van der Waals surface area contributed by atoms with Crippen molar-refractivity contribution in [2.45, 2.75) is 26.4 Å². The zero-order valence-electron chi connectivity index (χ0n) is 14.2. The van der Waals surface area contributed by atoms with Crippen molar-refractivity contribution < 1.29 is 0 Å². The van der Waals surface area contributed by atoms with Crippen LogP contribution in [0.1, 0.15) is 19.4 Å². The first-order valence-corrected chi connectivity index (χ1v) is 8.53. The summed E-state index contributed by atoms with van der Waals surface area (Å²) in [6.07, 6.45) is 3.54. The second-order valence-corrected chi connectivity index (χ2v) is 6.35. The van der Waals surface area contributed by atoms with E-state index >= 15 is 0 Å². The maximum atomic E-state index is 6.22. The maximum absolute atomic E-state index is 6.22. The van der Waals surface area contributed by atoms with E-state index in [0.29, 0.717) is 12.5 Å². The summed E-state index contributed by atoms with van der Waals surface area (Å²) in [5.41, 5.74) is 2.77. The highest BCUT2D eigenvalue weighted by atomic mass is 35.5. The molecule has 2 aromatic heterocycles. The molecular formula is C19H20ClN5. The molecule has 3 aromatic rings. The number of nitrogens with zero attached hydrogens (tertiary/aromatic N) is 3. The van der Waals surface area contributed by atoms with Gasteiger partial charge in [-0.1, -0.05) is 29.8 Å². The van der Waals surface area contributed by atoms with Crippen LogP contribution in [0.2, 0.25) is 5.02 Å². The fourth-order valence-electron chi connectivity index (χ4n) is 2.35. The molecule has 2 heterocycles. The van der Waals surface area contributed by atoms with Gasteiger partial charge in [0, 0.05) is 41.6 Å². The van der Waals surface area contributed by atoms with E-state index in [2.05, 4.69) is 39.4 Å². The van der Waals surface area contributed by atoms with Crippen molar-refractivity contribution >= 4 is 23.4 Å². The topological polar surface area (TPSA) is 62.7 Å². The fraction of sp³-hybridized carbons (Fsp3) is 0.211. The fourth-order valence-corrected chi connectivity index (χ4v) is 2.55. The summed E-state index contributed by atoms with van der Waals surface area (Å²) in [4.78, 5) is 13.3. The third-order valence-electron chi connectivity index (χ3n) is 3.52. The van der Waals surface area contributed by atoms with Crippen molar-refractivity contribution in [3.63, 3.8) is 0 Å². The standard InChI is InChI=1S/C19H20ClN5/c1-13(2)23-19-24-17(15-7-5-9-21-11-15)10-18(25-19)22-12-14-6-3-4-8-16(14)20/h3-11,13H,12H2,1-2H3,(H2,22,23,24,25). The Hall–Kier alpha value is -2.66. The Morgan fingerprint density at radius 2 is 1.92 bits per heavy atom. The normalized spacial score (nSPS) is 10.7. The molecule has 0 amide bonds. The smallest absolute Gasteiger partial charge is 0.225 e. The number of pyridine rings is 1. The van der Waals surface area contributed by atoms with Gasteiger partial charge in [-0.3, -0.25) is 4.98 Å². The van der Waals surface area contributed by atoms with Crippen LogP contribution in [-0.4, -0.2) is 21.0 Å². The molecule has 0 bridgehead atoms. The van der Waals surface area contributed by atoms with Gasteiger partial charge in [0.05, 0.1) is 5.69 Å². The van der Waals surface area contributed by atoms with E-state index in [4.69, 9.17) is 11.6 Å². The minimum atomic E-state index is 0.237. The molecule has 0 saturated carbocycles. The number of halogens is 1. The lowest BCUT2D eigenvalue weighted by Gasteiger charge is -2.13. The zero-order valence-corrected chi connectivity index (χ0v) is 15.0. The van der Waals surface area contributed by atoms with Crippen LogP contribution in [0.4, 0.5) is 11.8 Å². The lowest BCUT2D eigenvalue weighted by Crippen LogP contribution is -2.14. The van der Waals surface area contributed by atoms with Gasteiger partial charge in [0.15, 0.2) is 0 Å². The Bertz CT molecular complexity index is 836. The largest absolute Gasteiger partial charge is 0.366 e. The number of benzene rings is 1. The third-order valence-corrected chi connectivity index (χ3v) is 3.89. The van der Waals surface area contributed by atoms with Gasteiger partial charge in [0.25, 0.3) is 0 Å². The molecule has 2 N–H and O–H groups in total. The van der Waals surface area contributed by atoms with Gasteiger partial charge in [0.1, 0.15) is 5.82 Å². The Morgan fingerprint density at radius 1 is 1.08 bits per heavy atom. The molecule has 0 radical (unpaired) electrons. The first-order chi connectivity index (χ1) is 12.1. The minimum Gasteiger partial charge on any atom is -0.366 e. The monoisotopic (exact) mass is 353 g/mol. The molecule has 6 heteroatoms. The number of hydrogen-bond donors (Lipinski definition) is 2. The molecule has 0 aliphatic rings.